The van der Waals surface area contributed by atoms with Crippen LogP contribution in [0.3, 0.4) is 0 Å². The number of benzene rings is 1. The summed E-state index contributed by atoms with van der Waals surface area (Å²) in [6, 6.07) is 10.8. The smallest absolute Gasteiger partial charge is 0.0261 e. The van der Waals surface area contributed by atoms with Crippen molar-refractivity contribution in [2.75, 3.05) is 0 Å². The summed E-state index contributed by atoms with van der Waals surface area (Å²) in [5, 5.41) is 0. The van der Waals surface area contributed by atoms with E-state index in [2.05, 4.69) is 69.3 Å². The molecule has 17 heavy (non-hydrogen) atoms. The standard InChI is InChI=1S/C17H20/c1-13(2)9-11-16-12-10-14(3)17(16)15-7-5-4-6-8-15/h4-11,17H,12H2,1-3H3/b16-11+. The monoisotopic (exact) mass is 224 g/mol. The Morgan fingerprint density at radius 3 is 2.53 bits per heavy atom. The predicted octanol–water partition coefficient (Wildman–Crippen LogP) is 5.01. The van der Waals surface area contributed by atoms with Crippen LogP contribution in [0.1, 0.15) is 38.7 Å². The minimum Gasteiger partial charge on any atom is -0.0806 e. The fourth-order valence-corrected chi connectivity index (χ4v) is 2.37. The SMILES string of the molecule is CC(C)=C/C=C1\CC=C(C)C1c1ccccc1. The molecule has 2 rings (SSSR count). The van der Waals surface area contributed by atoms with Crippen LogP contribution in [-0.4, -0.2) is 0 Å². The summed E-state index contributed by atoms with van der Waals surface area (Å²) >= 11 is 0. The second-order valence-electron chi connectivity index (χ2n) is 4.98. The van der Waals surface area contributed by atoms with E-state index in [1.807, 2.05) is 0 Å². The lowest BCUT2D eigenvalue weighted by molar-refractivity contribution is 0.947. The zero-order valence-corrected chi connectivity index (χ0v) is 10.9. The van der Waals surface area contributed by atoms with Crippen molar-refractivity contribution in [2.24, 2.45) is 0 Å². The van der Waals surface area contributed by atoms with Crippen LogP contribution >= 0.6 is 0 Å². The molecular formula is C17H20. The summed E-state index contributed by atoms with van der Waals surface area (Å²) in [6.45, 7) is 6.52. The summed E-state index contributed by atoms with van der Waals surface area (Å²) in [6.07, 6.45) is 7.95. The number of allylic oxidation sites excluding steroid dienone is 6. The molecular weight excluding hydrogens is 204 g/mol. The van der Waals surface area contributed by atoms with Crippen LogP contribution in [-0.2, 0) is 0 Å². The number of hydrogen-bond donors (Lipinski definition) is 0. The van der Waals surface area contributed by atoms with Gasteiger partial charge < -0.3 is 0 Å². The van der Waals surface area contributed by atoms with E-state index in [4.69, 9.17) is 0 Å². The molecule has 0 nitrogen and oxygen atoms in total. The second kappa shape index (κ2) is 5.18. The van der Waals surface area contributed by atoms with Crippen molar-refractivity contribution in [3.63, 3.8) is 0 Å². The molecule has 0 saturated heterocycles. The highest BCUT2D eigenvalue weighted by molar-refractivity contribution is 5.44. The van der Waals surface area contributed by atoms with Crippen LogP contribution in [0.2, 0.25) is 0 Å². The summed E-state index contributed by atoms with van der Waals surface area (Å²) in [4.78, 5) is 0. The topological polar surface area (TPSA) is 0 Å². The third-order valence-electron chi connectivity index (χ3n) is 3.25. The van der Waals surface area contributed by atoms with E-state index in [1.54, 1.807) is 0 Å². The van der Waals surface area contributed by atoms with Crippen molar-refractivity contribution in [1.29, 1.82) is 0 Å². The highest BCUT2D eigenvalue weighted by atomic mass is 14.3. The predicted molar refractivity (Wildman–Crippen MR) is 75.1 cm³/mol. The molecule has 0 bridgehead atoms. The minimum absolute atomic E-state index is 0.492. The Morgan fingerprint density at radius 2 is 1.88 bits per heavy atom. The van der Waals surface area contributed by atoms with Gasteiger partial charge in [0.25, 0.3) is 0 Å². The summed E-state index contributed by atoms with van der Waals surface area (Å²) in [7, 11) is 0. The Kier molecular flexibility index (Phi) is 3.63. The van der Waals surface area contributed by atoms with Crippen LogP contribution in [0.5, 0.6) is 0 Å². The van der Waals surface area contributed by atoms with Crippen molar-refractivity contribution >= 4 is 0 Å². The Morgan fingerprint density at radius 1 is 1.18 bits per heavy atom. The van der Waals surface area contributed by atoms with E-state index in [-0.39, 0.29) is 0 Å². The van der Waals surface area contributed by atoms with Gasteiger partial charge in [-0.2, -0.15) is 0 Å². The minimum atomic E-state index is 0.492. The average Bonchev–Trinajstić information content (AvgIpc) is 2.69. The van der Waals surface area contributed by atoms with Crippen LogP contribution in [0.15, 0.2) is 65.3 Å². The molecule has 1 aliphatic carbocycles. The summed E-state index contributed by atoms with van der Waals surface area (Å²) in [5.41, 5.74) is 5.75. The molecule has 1 aromatic carbocycles. The molecule has 0 spiro atoms. The van der Waals surface area contributed by atoms with Gasteiger partial charge in [0.2, 0.25) is 0 Å². The van der Waals surface area contributed by atoms with Gasteiger partial charge in [-0.1, -0.05) is 65.3 Å². The molecule has 1 atom stereocenters. The Balaban J connectivity index is 2.33. The lowest BCUT2D eigenvalue weighted by Crippen LogP contribution is -1.98. The van der Waals surface area contributed by atoms with Gasteiger partial charge in [-0.15, -0.1) is 0 Å². The Labute approximate surface area is 104 Å². The van der Waals surface area contributed by atoms with Gasteiger partial charge in [0.05, 0.1) is 0 Å². The van der Waals surface area contributed by atoms with Gasteiger partial charge in [-0.3, -0.25) is 0 Å². The van der Waals surface area contributed by atoms with Crippen molar-refractivity contribution in [3.05, 3.63) is 70.8 Å². The van der Waals surface area contributed by atoms with E-state index < -0.39 is 0 Å². The maximum Gasteiger partial charge on any atom is 0.0261 e. The molecule has 0 fully saturated rings. The maximum atomic E-state index is 2.35. The molecule has 0 saturated carbocycles. The highest BCUT2D eigenvalue weighted by Gasteiger charge is 2.21. The summed E-state index contributed by atoms with van der Waals surface area (Å²) < 4.78 is 0. The molecule has 0 N–H and O–H groups in total. The van der Waals surface area contributed by atoms with Crippen LogP contribution in [0, 0.1) is 0 Å². The molecule has 0 aromatic heterocycles. The van der Waals surface area contributed by atoms with Gasteiger partial charge in [0.15, 0.2) is 0 Å². The van der Waals surface area contributed by atoms with Gasteiger partial charge in [0.1, 0.15) is 0 Å². The molecule has 1 unspecified atom stereocenters. The van der Waals surface area contributed by atoms with Crippen molar-refractivity contribution in [3.8, 4) is 0 Å². The van der Waals surface area contributed by atoms with Crippen LogP contribution in [0.25, 0.3) is 0 Å². The summed E-state index contributed by atoms with van der Waals surface area (Å²) in [5.74, 6) is 0.492. The lowest BCUT2D eigenvalue weighted by atomic mass is 9.89. The normalized spacial score (nSPS) is 21.5. The molecule has 0 heteroatoms. The first kappa shape index (κ1) is 11.9. The largest absolute Gasteiger partial charge is 0.0806 e. The van der Waals surface area contributed by atoms with Gasteiger partial charge in [-0.25, -0.2) is 0 Å². The maximum absolute atomic E-state index is 2.35. The van der Waals surface area contributed by atoms with E-state index in [1.165, 1.54) is 22.3 Å². The Hall–Kier alpha value is -1.56. The first-order valence-corrected chi connectivity index (χ1v) is 6.24. The quantitative estimate of drug-likeness (QED) is 0.619. The average molecular weight is 224 g/mol. The second-order valence-corrected chi connectivity index (χ2v) is 4.98. The molecule has 0 aliphatic heterocycles. The van der Waals surface area contributed by atoms with Gasteiger partial charge >= 0.3 is 0 Å². The molecule has 1 aliphatic rings. The number of rotatable bonds is 2. The molecule has 1 aromatic rings. The van der Waals surface area contributed by atoms with Crippen molar-refractivity contribution in [1.82, 2.24) is 0 Å². The van der Waals surface area contributed by atoms with Crippen LogP contribution < -0.4 is 0 Å². The van der Waals surface area contributed by atoms with Gasteiger partial charge in [-0.05, 0) is 32.8 Å². The molecule has 0 amide bonds. The first-order valence-electron chi connectivity index (χ1n) is 6.24. The van der Waals surface area contributed by atoms with Crippen LogP contribution in [0.4, 0.5) is 0 Å². The third-order valence-corrected chi connectivity index (χ3v) is 3.25. The fourth-order valence-electron chi connectivity index (χ4n) is 2.37. The molecule has 88 valence electrons. The van der Waals surface area contributed by atoms with E-state index in [0.717, 1.165) is 6.42 Å². The lowest BCUT2D eigenvalue weighted by Gasteiger charge is -2.15. The van der Waals surface area contributed by atoms with Gasteiger partial charge in [0, 0.05) is 5.92 Å². The van der Waals surface area contributed by atoms with Crippen molar-refractivity contribution in [2.45, 2.75) is 33.1 Å². The first-order chi connectivity index (χ1) is 8.18. The Bertz CT molecular complexity index is 468. The van der Waals surface area contributed by atoms with E-state index in [0.29, 0.717) is 5.92 Å². The van der Waals surface area contributed by atoms with E-state index >= 15 is 0 Å². The zero-order valence-electron chi connectivity index (χ0n) is 10.9. The van der Waals surface area contributed by atoms with Crippen molar-refractivity contribution < 1.29 is 0 Å². The molecule has 0 radical (unpaired) electrons. The fraction of sp³-hybridized carbons (Fsp3) is 0.294. The zero-order chi connectivity index (χ0) is 12.3. The molecule has 0 heterocycles. The van der Waals surface area contributed by atoms with E-state index in [9.17, 15) is 0 Å². The third kappa shape index (κ3) is 2.76. The highest BCUT2D eigenvalue weighted by Crippen LogP contribution is 2.39. The number of hydrogen-bond acceptors (Lipinski definition) is 0.